The molecule has 23 heteroatoms. The van der Waals surface area contributed by atoms with Crippen LogP contribution in [0, 0.1) is 13.8 Å². The summed E-state index contributed by atoms with van der Waals surface area (Å²) in [6, 6.07) is 39.9. The number of methoxy groups -OCH3 is 2. The number of carboxylic acid groups (broad SMARTS) is 1. The number of aromatic nitrogens is 2. The topological polar surface area (TPSA) is 329 Å². The number of ether oxygens (including phenoxy) is 2. The highest BCUT2D eigenvalue weighted by molar-refractivity contribution is 6.23. The van der Waals surface area contributed by atoms with Crippen LogP contribution in [0.2, 0.25) is 0 Å². The first-order chi connectivity index (χ1) is 42.9. The number of H-pyrrole nitrogens is 2. The highest BCUT2D eigenvalue weighted by Gasteiger charge is 2.27. The molecule has 464 valence electrons. The summed E-state index contributed by atoms with van der Waals surface area (Å²) >= 11 is 0. The maximum absolute atomic E-state index is 13.2. The Kier molecular flexibility index (Phi) is 22.3. The number of aromatic amines is 2. The third-order valence-corrected chi connectivity index (χ3v) is 14.9. The molecule has 4 heterocycles. The van der Waals surface area contributed by atoms with Crippen LogP contribution in [0.4, 0.5) is 11.4 Å². The Labute approximate surface area is 513 Å². The van der Waals surface area contributed by atoms with Gasteiger partial charge in [0.05, 0.1) is 85.6 Å². The van der Waals surface area contributed by atoms with E-state index in [0.717, 1.165) is 11.1 Å². The summed E-state index contributed by atoms with van der Waals surface area (Å²) < 4.78 is 9.80. The number of piperazine rings is 2. The zero-order valence-corrected chi connectivity index (χ0v) is 49.9. The average molecular weight is 1210 g/mol. The summed E-state index contributed by atoms with van der Waals surface area (Å²) in [5.74, 6) is -2.34. The number of aliphatic imine (C=N–C) groups is 2. The molecule has 6 aromatic carbocycles. The number of aliphatic hydroxyl groups is 2. The highest BCUT2D eigenvalue weighted by atomic mass is 16.5. The number of nitrogens with one attached hydrogen (secondary N) is 3. The minimum absolute atomic E-state index is 0.0313. The molecule has 2 aliphatic heterocycles. The van der Waals surface area contributed by atoms with Gasteiger partial charge in [-0.15, -0.1) is 0 Å². The Morgan fingerprint density at radius 2 is 0.921 bits per heavy atom. The van der Waals surface area contributed by atoms with Gasteiger partial charge in [0.1, 0.15) is 0 Å². The number of esters is 2. The molecule has 2 saturated heterocycles. The van der Waals surface area contributed by atoms with Crippen molar-refractivity contribution >= 4 is 80.2 Å². The second kappa shape index (κ2) is 30.5. The number of hydrogen-bond acceptors (Lipinski definition) is 17. The normalized spacial score (nSPS) is 13.9. The van der Waals surface area contributed by atoms with E-state index in [9.17, 15) is 39.0 Å². The number of carbonyl (C=O) groups is 6. The summed E-state index contributed by atoms with van der Waals surface area (Å²) in [7, 11) is 2.65. The zero-order chi connectivity index (χ0) is 63.7. The molecule has 10 N–H and O–H groups in total. The van der Waals surface area contributed by atoms with Gasteiger partial charge in [-0.25, -0.2) is 19.6 Å². The second-order valence-electron chi connectivity index (χ2n) is 21.0. The number of benzene rings is 6. The molecule has 10 rings (SSSR count). The zero-order valence-electron chi connectivity index (χ0n) is 49.9. The number of fused-ring (bicyclic) bond motifs is 2. The van der Waals surface area contributed by atoms with E-state index in [-0.39, 0.29) is 62.3 Å². The quantitative estimate of drug-likeness (QED) is 0.0377. The van der Waals surface area contributed by atoms with Crippen molar-refractivity contribution in [2.45, 2.75) is 13.8 Å². The Hall–Kier alpha value is -10.0. The molecule has 0 aliphatic carbocycles. The summed E-state index contributed by atoms with van der Waals surface area (Å²) in [6.07, 6.45) is 0. The van der Waals surface area contributed by atoms with E-state index in [4.69, 9.17) is 40.5 Å². The van der Waals surface area contributed by atoms with E-state index >= 15 is 0 Å². The molecule has 0 atom stereocenters. The lowest BCUT2D eigenvalue weighted by Crippen LogP contribution is -2.51. The van der Waals surface area contributed by atoms with Crippen LogP contribution in [0.1, 0.15) is 74.8 Å². The predicted molar refractivity (Wildman–Crippen MR) is 337 cm³/mol. The van der Waals surface area contributed by atoms with Crippen molar-refractivity contribution in [2.75, 3.05) is 106 Å². The Morgan fingerprint density at radius 3 is 1.27 bits per heavy atom. The van der Waals surface area contributed by atoms with Gasteiger partial charge in [-0.05, 0) is 97.8 Å². The molecule has 0 radical (unpaired) electrons. The molecular weight excluding hydrogens is 1140 g/mol. The second-order valence-corrected chi connectivity index (χ2v) is 21.0. The number of nitrogens with two attached hydrogens (primary N) is 1. The highest BCUT2D eigenvalue weighted by Crippen LogP contribution is 2.36. The number of amides is 3. The lowest BCUT2D eigenvalue weighted by Gasteiger charge is -2.34. The Balaban J connectivity index is 0.000000218. The average Bonchev–Trinajstić information content (AvgIpc) is 1.85. The molecule has 0 spiro atoms. The standard InChI is InChI=1S/C33H35N5O6.C31H30N4O6.C2H7NO/c1-21-18-26-27(19-25(21)33(43)44-2)36-31(41)29(26)30(22-6-4-3-5-7-22)35-24-10-8-23(9-11-24)32(42)38-15-13-37(14-16-38)20-28(40)34-12-17-39;1-19-16-24-25(17-23(19)31(40)41-2)33-29(38)27(24)28(20-6-4-3-5-7-20)32-22-10-8-21(9-11-22)30(39)35-14-12-34(13-15-35)18-26(36)37;3-1-2-4/h3-11,18-19,36,39,41H,12-17,20H2,1-2H3,(H,34,40);3-11,16-17,33,38H,12-15,18H2,1-2H3,(H,36,37);4H,1-3H2. The van der Waals surface area contributed by atoms with Crippen molar-refractivity contribution in [1.29, 1.82) is 0 Å². The Bertz CT molecular complexity index is 3870. The van der Waals surface area contributed by atoms with Crippen LogP contribution >= 0.6 is 0 Å². The van der Waals surface area contributed by atoms with Crippen LogP contribution in [-0.4, -0.2) is 208 Å². The van der Waals surface area contributed by atoms with E-state index in [1.54, 1.807) is 77.4 Å². The number of hydrogen-bond donors (Lipinski definition) is 9. The van der Waals surface area contributed by atoms with E-state index in [1.165, 1.54) is 14.2 Å². The number of nitrogens with zero attached hydrogens (tertiary/aromatic N) is 6. The van der Waals surface area contributed by atoms with Crippen molar-refractivity contribution < 1.29 is 63.8 Å². The van der Waals surface area contributed by atoms with Gasteiger partial charge in [0.2, 0.25) is 5.91 Å². The smallest absolute Gasteiger partial charge is 0.338 e. The lowest BCUT2D eigenvalue weighted by molar-refractivity contribution is -0.138. The minimum atomic E-state index is -0.877. The summed E-state index contributed by atoms with van der Waals surface area (Å²) in [5.41, 5.74) is 13.9. The van der Waals surface area contributed by atoms with Crippen LogP contribution in [-0.2, 0) is 19.1 Å². The number of aryl methyl sites for hydroxylation is 2. The van der Waals surface area contributed by atoms with E-state index in [2.05, 4.69) is 15.3 Å². The fourth-order valence-corrected chi connectivity index (χ4v) is 10.4. The van der Waals surface area contributed by atoms with Crippen LogP contribution < -0.4 is 11.1 Å². The number of aliphatic hydroxyl groups excluding tert-OH is 2. The third-order valence-electron chi connectivity index (χ3n) is 14.9. The minimum Gasteiger partial charge on any atom is -0.494 e. The fraction of sp³-hybridized carbons (Fsp3) is 0.273. The number of carbonyl (C=O) groups excluding carboxylic acids is 5. The van der Waals surface area contributed by atoms with Gasteiger partial charge in [-0.3, -0.25) is 29.0 Å². The summed E-state index contributed by atoms with van der Waals surface area (Å²) in [6.45, 7) is 8.51. The Morgan fingerprint density at radius 1 is 0.539 bits per heavy atom. The van der Waals surface area contributed by atoms with Crippen molar-refractivity contribution in [3.05, 3.63) is 189 Å². The molecule has 0 saturated carbocycles. The van der Waals surface area contributed by atoms with Crippen molar-refractivity contribution in [3.63, 3.8) is 0 Å². The molecule has 3 amide bonds. The molecule has 2 fully saturated rings. The summed E-state index contributed by atoms with van der Waals surface area (Å²) in [4.78, 5) is 96.7. The van der Waals surface area contributed by atoms with Gasteiger partial charge in [0.15, 0.2) is 11.8 Å². The maximum atomic E-state index is 13.2. The first-order valence-electron chi connectivity index (χ1n) is 28.7. The first-order valence-corrected chi connectivity index (χ1v) is 28.7. The van der Waals surface area contributed by atoms with Gasteiger partial charge >= 0.3 is 17.9 Å². The number of rotatable bonds is 17. The van der Waals surface area contributed by atoms with Gasteiger partial charge in [0, 0.05) is 110 Å². The fourth-order valence-electron chi connectivity index (χ4n) is 10.4. The first kappa shape index (κ1) is 64.9. The van der Waals surface area contributed by atoms with Crippen molar-refractivity contribution in [1.82, 2.24) is 34.9 Å². The largest absolute Gasteiger partial charge is 0.494 e. The van der Waals surface area contributed by atoms with Gasteiger partial charge in [-0.2, -0.15) is 0 Å². The molecule has 0 unspecified atom stereocenters. The third kappa shape index (κ3) is 16.1. The molecule has 2 aromatic heterocycles. The molecule has 0 bridgehead atoms. The number of carboxylic acids is 1. The van der Waals surface area contributed by atoms with Crippen LogP contribution in [0.25, 0.3) is 21.8 Å². The van der Waals surface area contributed by atoms with Crippen molar-refractivity contribution in [2.24, 2.45) is 15.7 Å². The van der Waals surface area contributed by atoms with Gasteiger partial charge in [-0.1, -0.05) is 60.7 Å². The lowest BCUT2D eigenvalue weighted by atomic mass is 9.98. The van der Waals surface area contributed by atoms with Gasteiger partial charge < -0.3 is 65.8 Å². The molecular formula is C66H72N10O13. The van der Waals surface area contributed by atoms with E-state index in [0.29, 0.717) is 148 Å². The van der Waals surface area contributed by atoms with Crippen LogP contribution in [0.3, 0.4) is 0 Å². The van der Waals surface area contributed by atoms with Gasteiger partial charge in [0.25, 0.3) is 11.8 Å². The maximum Gasteiger partial charge on any atom is 0.338 e. The molecule has 8 aromatic rings. The number of aliphatic carboxylic acids is 1. The number of aromatic hydroxyl groups is 2. The SMILES string of the molecule is COC(=O)c1cc2[nH]c(O)c(C(=Nc3ccc(C(=O)N4CCN(CC(=O)NCCO)CC4)cc3)c3ccccc3)c2cc1C.COC(=O)c1cc2[nH]c(O)c(C(=Nc3ccc(C(=O)N4CCN(CC(=O)O)CC4)cc3)c3ccccc3)c2cc1C.NCCO. The monoisotopic (exact) mass is 1210 g/mol. The van der Waals surface area contributed by atoms with Crippen LogP contribution in [0.5, 0.6) is 11.8 Å². The summed E-state index contributed by atoms with van der Waals surface area (Å²) in [5, 5.41) is 51.7. The van der Waals surface area contributed by atoms with E-state index in [1.807, 2.05) is 89.5 Å². The predicted octanol–water partition coefficient (Wildman–Crippen LogP) is 5.92. The van der Waals surface area contributed by atoms with E-state index < -0.39 is 17.9 Å². The van der Waals surface area contributed by atoms with Crippen molar-refractivity contribution in [3.8, 4) is 11.8 Å². The van der Waals surface area contributed by atoms with Crippen LogP contribution in [0.15, 0.2) is 143 Å². The molecule has 23 nitrogen and oxygen atoms in total. The molecule has 89 heavy (non-hydrogen) atoms. The molecule has 2 aliphatic rings.